The Hall–Kier alpha value is -4.18. The molecule has 0 bridgehead atoms. The maximum absolute atomic E-state index is 13.0. The van der Waals surface area contributed by atoms with Crippen molar-refractivity contribution in [1.29, 1.82) is 0 Å². The van der Waals surface area contributed by atoms with Crippen LogP contribution in [-0.4, -0.2) is 83.0 Å². The molecule has 0 saturated carbocycles. The summed E-state index contributed by atoms with van der Waals surface area (Å²) in [5.74, 6) is 3.24. The van der Waals surface area contributed by atoms with Crippen molar-refractivity contribution < 1.29 is 22.7 Å². The predicted octanol–water partition coefficient (Wildman–Crippen LogP) is 1.66. The van der Waals surface area contributed by atoms with Crippen LogP contribution in [0.2, 0.25) is 0 Å². The van der Waals surface area contributed by atoms with E-state index in [1.54, 1.807) is 28.0 Å². The molecule has 0 aliphatic carbocycles. The highest BCUT2D eigenvalue weighted by molar-refractivity contribution is 5.92. The second-order valence-electron chi connectivity index (χ2n) is 9.06. The number of nitrogens with zero attached hydrogens (tertiary/aromatic N) is 6. The lowest BCUT2D eigenvalue weighted by molar-refractivity contribution is -0.138. The highest BCUT2D eigenvalue weighted by Gasteiger charge is 2.32. The van der Waals surface area contributed by atoms with E-state index in [-0.39, 0.29) is 29.9 Å². The maximum Gasteiger partial charge on any atom is 0.419 e. The van der Waals surface area contributed by atoms with Crippen LogP contribution >= 0.6 is 0 Å². The molecule has 2 aromatic heterocycles. The molecule has 1 aromatic carbocycles. The van der Waals surface area contributed by atoms with Crippen LogP contribution in [0.25, 0.3) is 10.8 Å². The molecule has 1 unspecified atom stereocenters. The molecule has 1 atom stereocenters. The largest absolute Gasteiger partial charge is 0.419 e. The van der Waals surface area contributed by atoms with Crippen LogP contribution in [-0.2, 0) is 15.7 Å². The topological polar surface area (TPSA) is 108 Å². The molecule has 2 aliphatic rings. The third-order valence-corrected chi connectivity index (χ3v) is 6.66. The van der Waals surface area contributed by atoms with Crippen LogP contribution in [0.5, 0.6) is 0 Å². The summed E-state index contributed by atoms with van der Waals surface area (Å²) < 4.78 is 44.1. The number of halogens is 3. The van der Waals surface area contributed by atoms with Gasteiger partial charge in [-0.3, -0.25) is 9.59 Å². The van der Waals surface area contributed by atoms with Crippen LogP contribution in [0.3, 0.4) is 0 Å². The number of ether oxygens (including phenoxy) is 1. The number of aromatic amines is 1. The summed E-state index contributed by atoms with van der Waals surface area (Å²) in [7, 11) is 0. The standard InChI is InChI=1S/C25H24F3N7O3/c1-2-16-3-4-19-20(11-16)23(37)32-31-22(19)35-9-10-38-18(15-35)12-21(36)33-5-7-34(8-6-33)24-29-13-17(14-30-24)25(26,27)28/h1,3-4,11,13-14,18H,5-10,12,15H2,(H,32,37). The van der Waals surface area contributed by atoms with E-state index in [9.17, 15) is 22.8 Å². The van der Waals surface area contributed by atoms with Crippen molar-refractivity contribution in [2.75, 3.05) is 55.7 Å². The number of carbonyl (C=O) groups excluding carboxylic acids is 1. The van der Waals surface area contributed by atoms with Crippen molar-refractivity contribution in [2.24, 2.45) is 0 Å². The van der Waals surface area contributed by atoms with Gasteiger partial charge in [0.15, 0.2) is 5.82 Å². The van der Waals surface area contributed by atoms with Gasteiger partial charge in [-0.25, -0.2) is 15.1 Å². The summed E-state index contributed by atoms with van der Waals surface area (Å²) in [6, 6.07) is 5.18. The molecule has 1 N–H and O–H groups in total. The van der Waals surface area contributed by atoms with Crippen molar-refractivity contribution >= 4 is 28.4 Å². The van der Waals surface area contributed by atoms with Gasteiger partial charge in [0.2, 0.25) is 11.9 Å². The van der Waals surface area contributed by atoms with Gasteiger partial charge in [-0.05, 0) is 18.2 Å². The van der Waals surface area contributed by atoms with Gasteiger partial charge in [-0.1, -0.05) is 5.92 Å². The third kappa shape index (κ3) is 5.26. The number of carbonyl (C=O) groups is 1. The first kappa shape index (κ1) is 25.5. The molecule has 2 saturated heterocycles. The second kappa shape index (κ2) is 10.3. The number of nitrogens with one attached hydrogen (secondary N) is 1. The van der Waals surface area contributed by atoms with Crippen LogP contribution in [0.15, 0.2) is 35.4 Å². The lowest BCUT2D eigenvalue weighted by Crippen LogP contribution is -2.51. The van der Waals surface area contributed by atoms with Crippen molar-refractivity contribution in [3.8, 4) is 12.3 Å². The van der Waals surface area contributed by atoms with Crippen LogP contribution in [0.1, 0.15) is 17.5 Å². The van der Waals surface area contributed by atoms with Gasteiger partial charge in [0.05, 0.1) is 30.1 Å². The number of morpholine rings is 1. The number of hydrogen-bond acceptors (Lipinski definition) is 8. The zero-order valence-electron chi connectivity index (χ0n) is 20.2. The van der Waals surface area contributed by atoms with E-state index in [1.165, 1.54) is 0 Å². The van der Waals surface area contributed by atoms with E-state index in [0.717, 1.165) is 12.4 Å². The van der Waals surface area contributed by atoms with Gasteiger partial charge in [0.25, 0.3) is 5.56 Å². The van der Waals surface area contributed by atoms with Crippen molar-refractivity contribution in [3.05, 3.63) is 52.1 Å². The Balaban J connectivity index is 1.19. The summed E-state index contributed by atoms with van der Waals surface area (Å²) in [6.45, 7) is 2.94. The van der Waals surface area contributed by atoms with E-state index < -0.39 is 11.7 Å². The average Bonchev–Trinajstić information content (AvgIpc) is 2.93. The first-order valence-corrected chi connectivity index (χ1v) is 12.0. The molecule has 3 aromatic rings. The number of rotatable bonds is 4. The number of alkyl halides is 3. The Morgan fingerprint density at radius 3 is 2.53 bits per heavy atom. The van der Waals surface area contributed by atoms with Gasteiger partial charge in [-0.2, -0.15) is 18.3 Å². The zero-order chi connectivity index (χ0) is 26.9. The number of fused-ring (bicyclic) bond motifs is 1. The van der Waals surface area contributed by atoms with E-state index in [2.05, 4.69) is 26.1 Å². The number of aromatic nitrogens is 4. The molecule has 1 amide bonds. The second-order valence-corrected chi connectivity index (χ2v) is 9.06. The Morgan fingerprint density at radius 1 is 1.11 bits per heavy atom. The third-order valence-electron chi connectivity index (χ3n) is 6.66. The highest BCUT2D eigenvalue weighted by atomic mass is 19.4. The van der Waals surface area contributed by atoms with Crippen molar-refractivity contribution in [3.63, 3.8) is 0 Å². The van der Waals surface area contributed by atoms with Crippen LogP contribution < -0.4 is 15.4 Å². The van der Waals surface area contributed by atoms with Gasteiger partial charge in [-0.15, -0.1) is 6.42 Å². The van der Waals surface area contributed by atoms with E-state index in [0.29, 0.717) is 68.0 Å². The predicted molar refractivity (Wildman–Crippen MR) is 133 cm³/mol. The lowest BCUT2D eigenvalue weighted by atomic mass is 10.1. The summed E-state index contributed by atoms with van der Waals surface area (Å²) >= 11 is 0. The Labute approximate surface area is 215 Å². The van der Waals surface area contributed by atoms with E-state index in [4.69, 9.17) is 11.2 Å². The SMILES string of the molecule is C#Cc1ccc2c(N3CCOC(CC(=O)N4CCN(c5ncc(C(F)(F)F)cn5)CC4)C3)n[nH]c(=O)c2c1. The quantitative estimate of drug-likeness (QED) is 0.511. The van der Waals surface area contributed by atoms with E-state index in [1.807, 2.05) is 4.90 Å². The molecule has 198 valence electrons. The fourth-order valence-corrected chi connectivity index (χ4v) is 4.63. The van der Waals surface area contributed by atoms with Gasteiger partial charge in [0, 0.05) is 62.6 Å². The van der Waals surface area contributed by atoms with Gasteiger partial charge >= 0.3 is 6.18 Å². The maximum atomic E-state index is 13.0. The van der Waals surface area contributed by atoms with Gasteiger partial charge < -0.3 is 19.4 Å². The Kier molecular flexibility index (Phi) is 6.90. The van der Waals surface area contributed by atoms with Crippen molar-refractivity contribution in [1.82, 2.24) is 25.1 Å². The molecule has 0 spiro atoms. The monoisotopic (exact) mass is 527 g/mol. The number of H-pyrrole nitrogens is 1. The molecule has 0 radical (unpaired) electrons. The number of piperazine rings is 1. The molecular weight excluding hydrogens is 503 g/mol. The Morgan fingerprint density at radius 2 is 1.84 bits per heavy atom. The normalized spacial score (nSPS) is 18.5. The molecule has 4 heterocycles. The van der Waals surface area contributed by atoms with Crippen molar-refractivity contribution in [2.45, 2.75) is 18.7 Å². The Bertz CT molecular complexity index is 1430. The van der Waals surface area contributed by atoms with Gasteiger partial charge in [0.1, 0.15) is 0 Å². The number of anilines is 2. The number of terminal acetylenes is 1. The molecule has 5 rings (SSSR count). The summed E-state index contributed by atoms with van der Waals surface area (Å²) in [6.07, 6.45) is 2.29. The molecule has 10 nitrogen and oxygen atoms in total. The smallest absolute Gasteiger partial charge is 0.374 e. The molecule has 13 heteroatoms. The van der Waals surface area contributed by atoms with Crippen LogP contribution in [0, 0.1) is 12.3 Å². The molecule has 2 aliphatic heterocycles. The van der Waals surface area contributed by atoms with E-state index >= 15 is 0 Å². The summed E-state index contributed by atoms with van der Waals surface area (Å²) in [4.78, 5) is 38.4. The average molecular weight is 528 g/mol. The minimum Gasteiger partial charge on any atom is -0.374 e. The first-order chi connectivity index (χ1) is 18.2. The number of amides is 1. The zero-order valence-corrected chi connectivity index (χ0v) is 20.2. The first-order valence-electron chi connectivity index (χ1n) is 12.0. The fraction of sp³-hybridized carbons (Fsp3) is 0.400. The molecule has 38 heavy (non-hydrogen) atoms. The highest BCUT2D eigenvalue weighted by Crippen LogP contribution is 2.29. The fourth-order valence-electron chi connectivity index (χ4n) is 4.63. The number of hydrogen-bond donors (Lipinski definition) is 1. The summed E-state index contributed by atoms with van der Waals surface area (Å²) in [5.41, 5.74) is -0.642. The summed E-state index contributed by atoms with van der Waals surface area (Å²) in [5, 5.41) is 7.89. The van der Waals surface area contributed by atoms with Crippen LogP contribution in [0.4, 0.5) is 24.9 Å². The lowest BCUT2D eigenvalue weighted by Gasteiger charge is -2.37. The minimum absolute atomic E-state index is 0.0808. The molecule has 2 fully saturated rings. The molecular formula is C25H24F3N7O3. The number of benzene rings is 1. The minimum atomic E-state index is -4.49.